The summed E-state index contributed by atoms with van der Waals surface area (Å²) in [7, 11) is 0. The molecule has 1 amide bonds. The van der Waals surface area contributed by atoms with E-state index in [4.69, 9.17) is 4.74 Å². The molecule has 8 heteroatoms. The van der Waals surface area contributed by atoms with Crippen LogP contribution in [0.15, 0.2) is 0 Å². The first-order chi connectivity index (χ1) is 11.0. The number of alkyl halides is 3. The lowest BCUT2D eigenvalue weighted by Gasteiger charge is -2.36. The lowest BCUT2D eigenvalue weighted by molar-refractivity contribution is -0.184. The van der Waals surface area contributed by atoms with Gasteiger partial charge in [-0.15, -0.1) is 0 Å². The van der Waals surface area contributed by atoms with Crippen LogP contribution in [0.1, 0.15) is 32.1 Å². The van der Waals surface area contributed by atoms with Gasteiger partial charge < -0.3 is 15.4 Å². The summed E-state index contributed by atoms with van der Waals surface area (Å²) in [5.41, 5.74) is 0. The summed E-state index contributed by atoms with van der Waals surface area (Å²) < 4.78 is 45.1. The second-order valence-electron chi connectivity index (χ2n) is 6.22. The van der Waals surface area contributed by atoms with Gasteiger partial charge in [0.2, 0.25) is 5.91 Å². The molecule has 1 unspecified atom stereocenters. The summed E-state index contributed by atoms with van der Waals surface area (Å²) in [6.45, 7) is 1.15. The van der Waals surface area contributed by atoms with Gasteiger partial charge in [-0.3, -0.25) is 9.69 Å². The van der Waals surface area contributed by atoms with Gasteiger partial charge in [0.15, 0.2) is 0 Å². The van der Waals surface area contributed by atoms with E-state index in [0.29, 0.717) is 26.2 Å². The second-order valence-corrected chi connectivity index (χ2v) is 6.22. The molecule has 1 aliphatic heterocycles. The third kappa shape index (κ3) is 6.27. The zero-order valence-electron chi connectivity index (χ0n) is 13.3. The molecule has 0 aromatic heterocycles. The molecule has 2 N–H and O–H groups in total. The van der Waals surface area contributed by atoms with Gasteiger partial charge >= 0.3 is 6.18 Å². The van der Waals surface area contributed by atoms with Crippen LogP contribution in [0, 0.1) is 0 Å². The monoisotopic (exact) mass is 337 g/mol. The quantitative estimate of drug-likeness (QED) is 0.767. The number of halogens is 3. The Bertz CT molecular complexity index is 367. The Morgan fingerprint density at radius 3 is 2.48 bits per heavy atom. The number of carbonyl (C=O) groups excluding carboxylic acids is 1. The summed E-state index contributed by atoms with van der Waals surface area (Å²) in [5.74, 6) is -0.472. The van der Waals surface area contributed by atoms with Gasteiger partial charge in [-0.05, 0) is 12.8 Å². The lowest BCUT2D eigenvalue weighted by Crippen LogP contribution is -2.57. The van der Waals surface area contributed by atoms with Crippen LogP contribution in [-0.2, 0) is 9.53 Å². The van der Waals surface area contributed by atoms with Crippen molar-refractivity contribution in [3.63, 3.8) is 0 Å². The molecule has 0 aromatic rings. The number of hydrogen-bond donors (Lipinski definition) is 2. The first-order valence-corrected chi connectivity index (χ1v) is 8.36. The van der Waals surface area contributed by atoms with E-state index in [-0.39, 0.29) is 12.7 Å². The molecule has 5 nitrogen and oxygen atoms in total. The largest absolute Gasteiger partial charge is 0.405 e. The minimum absolute atomic E-state index is 0.0704. The summed E-state index contributed by atoms with van der Waals surface area (Å²) in [6.07, 6.45) is 0.940. The van der Waals surface area contributed by atoms with Crippen LogP contribution in [0.25, 0.3) is 0 Å². The standard InChI is InChI=1S/C15H26F3N3O2/c16-15(17,18)13(21-8-6-19-7-9-21)10-20-14(22)11-23-12-4-2-1-3-5-12/h12-13,19H,1-11H2,(H,20,22). The van der Waals surface area contributed by atoms with Crippen LogP contribution in [0.5, 0.6) is 0 Å². The van der Waals surface area contributed by atoms with Crippen molar-refractivity contribution in [3.05, 3.63) is 0 Å². The molecule has 2 fully saturated rings. The molecule has 1 atom stereocenters. The van der Waals surface area contributed by atoms with Crippen molar-refractivity contribution in [2.24, 2.45) is 0 Å². The number of rotatable bonds is 6. The highest BCUT2D eigenvalue weighted by molar-refractivity contribution is 5.77. The fraction of sp³-hybridized carbons (Fsp3) is 0.933. The van der Waals surface area contributed by atoms with Crippen molar-refractivity contribution in [2.75, 3.05) is 39.3 Å². The average molecular weight is 337 g/mol. The highest BCUT2D eigenvalue weighted by Gasteiger charge is 2.43. The minimum atomic E-state index is -4.35. The van der Waals surface area contributed by atoms with Crippen molar-refractivity contribution in [3.8, 4) is 0 Å². The fourth-order valence-electron chi connectivity index (χ4n) is 3.13. The van der Waals surface area contributed by atoms with E-state index in [2.05, 4.69) is 10.6 Å². The van der Waals surface area contributed by atoms with Crippen molar-refractivity contribution < 1.29 is 22.7 Å². The molecule has 0 spiro atoms. The van der Waals surface area contributed by atoms with E-state index in [0.717, 1.165) is 25.7 Å². The molecule has 1 aliphatic carbocycles. The first-order valence-electron chi connectivity index (χ1n) is 8.36. The maximum Gasteiger partial charge on any atom is 0.405 e. The maximum atomic E-state index is 13.2. The molecule has 23 heavy (non-hydrogen) atoms. The Hall–Kier alpha value is -0.860. The summed E-state index contributed by atoms with van der Waals surface area (Å²) in [4.78, 5) is 13.1. The smallest absolute Gasteiger partial charge is 0.368 e. The van der Waals surface area contributed by atoms with E-state index < -0.39 is 24.7 Å². The Morgan fingerprint density at radius 2 is 1.87 bits per heavy atom. The van der Waals surface area contributed by atoms with Gasteiger partial charge in [-0.25, -0.2) is 0 Å². The molecule has 1 saturated carbocycles. The normalized spacial score (nSPS) is 22.7. The van der Waals surface area contributed by atoms with Gasteiger partial charge in [-0.1, -0.05) is 19.3 Å². The fourth-order valence-corrected chi connectivity index (χ4v) is 3.13. The zero-order valence-corrected chi connectivity index (χ0v) is 13.3. The Morgan fingerprint density at radius 1 is 1.22 bits per heavy atom. The highest BCUT2D eigenvalue weighted by Crippen LogP contribution is 2.25. The molecule has 0 bridgehead atoms. The third-order valence-electron chi connectivity index (χ3n) is 4.47. The topological polar surface area (TPSA) is 53.6 Å². The highest BCUT2D eigenvalue weighted by atomic mass is 19.4. The van der Waals surface area contributed by atoms with Crippen LogP contribution in [-0.4, -0.2) is 68.5 Å². The number of nitrogens with zero attached hydrogens (tertiary/aromatic N) is 1. The average Bonchev–Trinajstić information content (AvgIpc) is 2.54. The Balaban J connectivity index is 1.74. The summed E-state index contributed by atoms with van der Waals surface area (Å²) >= 11 is 0. The summed E-state index contributed by atoms with van der Waals surface area (Å²) in [6, 6.07) is -1.64. The van der Waals surface area contributed by atoms with Gasteiger partial charge in [0.25, 0.3) is 0 Å². The van der Waals surface area contributed by atoms with Crippen molar-refractivity contribution in [1.29, 1.82) is 0 Å². The van der Waals surface area contributed by atoms with E-state index in [9.17, 15) is 18.0 Å². The predicted octanol–water partition coefficient (Wildman–Crippen LogP) is 1.29. The van der Waals surface area contributed by atoms with E-state index >= 15 is 0 Å². The lowest BCUT2D eigenvalue weighted by atomic mass is 9.98. The van der Waals surface area contributed by atoms with Crippen LogP contribution in [0.3, 0.4) is 0 Å². The predicted molar refractivity (Wildman–Crippen MR) is 80.1 cm³/mol. The maximum absolute atomic E-state index is 13.2. The second kappa shape index (κ2) is 8.84. The van der Waals surface area contributed by atoms with E-state index in [1.807, 2.05) is 0 Å². The number of ether oxygens (including phenoxy) is 1. The Kier molecular flexibility index (Phi) is 7.10. The van der Waals surface area contributed by atoms with Gasteiger partial charge in [0, 0.05) is 32.7 Å². The van der Waals surface area contributed by atoms with Crippen molar-refractivity contribution in [2.45, 2.75) is 50.4 Å². The number of amides is 1. The molecule has 134 valence electrons. The van der Waals surface area contributed by atoms with Crippen molar-refractivity contribution in [1.82, 2.24) is 15.5 Å². The zero-order chi connectivity index (χ0) is 16.7. The van der Waals surface area contributed by atoms with Gasteiger partial charge in [0.1, 0.15) is 12.6 Å². The van der Waals surface area contributed by atoms with Crippen LogP contribution >= 0.6 is 0 Å². The molecular formula is C15H26F3N3O2. The van der Waals surface area contributed by atoms with E-state index in [1.165, 1.54) is 11.3 Å². The molecule has 0 aromatic carbocycles. The van der Waals surface area contributed by atoms with Crippen LogP contribution < -0.4 is 10.6 Å². The Labute approximate surface area is 134 Å². The summed E-state index contributed by atoms with van der Waals surface area (Å²) in [5, 5.41) is 5.41. The molecule has 1 heterocycles. The van der Waals surface area contributed by atoms with Crippen LogP contribution in [0.2, 0.25) is 0 Å². The molecular weight excluding hydrogens is 311 g/mol. The van der Waals surface area contributed by atoms with Crippen molar-refractivity contribution >= 4 is 5.91 Å². The number of hydrogen-bond acceptors (Lipinski definition) is 4. The molecule has 1 saturated heterocycles. The van der Waals surface area contributed by atoms with Gasteiger partial charge in [0.05, 0.1) is 6.10 Å². The first kappa shape index (κ1) is 18.5. The third-order valence-corrected chi connectivity index (χ3v) is 4.47. The minimum Gasteiger partial charge on any atom is -0.368 e. The molecule has 2 rings (SSSR count). The van der Waals surface area contributed by atoms with Crippen LogP contribution in [0.4, 0.5) is 13.2 Å². The number of carbonyl (C=O) groups is 1. The number of nitrogens with one attached hydrogen (secondary N) is 2. The molecule has 0 radical (unpaired) electrons. The molecule has 2 aliphatic rings. The van der Waals surface area contributed by atoms with Gasteiger partial charge in [-0.2, -0.15) is 13.2 Å². The van der Waals surface area contributed by atoms with E-state index in [1.54, 1.807) is 0 Å². The number of piperazine rings is 1. The SMILES string of the molecule is O=C(COC1CCCCC1)NCC(N1CCNCC1)C(F)(F)F.